The summed E-state index contributed by atoms with van der Waals surface area (Å²) in [6, 6.07) is 15.4. The summed E-state index contributed by atoms with van der Waals surface area (Å²) in [6.07, 6.45) is 9.12. The van der Waals surface area contributed by atoms with Crippen molar-refractivity contribution in [3.05, 3.63) is 82.8 Å². The topological polar surface area (TPSA) is 59.2 Å². The number of anilines is 1. The molecule has 0 spiro atoms. The summed E-state index contributed by atoms with van der Waals surface area (Å²) in [7, 11) is 0. The Bertz CT molecular complexity index is 1220. The van der Waals surface area contributed by atoms with Crippen LogP contribution in [0.2, 0.25) is 0 Å². The van der Waals surface area contributed by atoms with Crippen molar-refractivity contribution >= 4 is 47.2 Å². The Morgan fingerprint density at radius 1 is 1.03 bits per heavy atom. The number of rotatable bonds is 6. The maximum atomic E-state index is 14.4. The summed E-state index contributed by atoms with van der Waals surface area (Å²) < 4.78 is 14.4. The fourth-order valence-electron chi connectivity index (χ4n) is 5.47. The predicted octanol–water partition coefficient (Wildman–Crippen LogP) is 6.94. The molecule has 1 saturated heterocycles. The van der Waals surface area contributed by atoms with Crippen LogP contribution in [0, 0.1) is 11.7 Å². The number of benzene rings is 2. The van der Waals surface area contributed by atoms with Crippen LogP contribution in [0.25, 0.3) is 10.9 Å². The van der Waals surface area contributed by atoms with E-state index in [1.807, 2.05) is 0 Å². The van der Waals surface area contributed by atoms with Gasteiger partial charge in [-0.2, -0.15) is 0 Å². The Morgan fingerprint density at radius 2 is 1.78 bits per heavy atom. The van der Waals surface area contributed by atoms with Gasteiger partial charge in [0.1, 0.15) is 5.82 Å². The van der Waals surface area contributed by atoms with E-state index in [-0.39, 0.29) is 41.7 Å². The van der Waals surface area contributed by atoms with Gasteiger partial charge in [0.15, 0.2) is 5.78 Å². The van der Waals surface area contributed by atoms with E-state index in [1.54, 1.807) is 12.1 Å². The summed E-state index contributed by atoms with van der Waals surface area (Å²) >= 11 is 0. The third-order valence-electron chi connectivity index (χ3n) is 7.39. The number of piperidine rings is 1. The number of hydrogen-bond donors (Lipinski definition) is 1. The zero-order chi connectivity index (χ0) is 23.5. The molecule has 4 nitrogen and oxygen atoms in total. The van der Waals surface area contributed by atoms with Gasteiger partial charge in [-0.3, -0.25) is 14.7 Å². The van der Waals surface area contributed by atoms with Gasteiger partial charge in [0, 0.05) is 6.54 Å². The number of pyridine rings is 1. The number of allylic oxidation sites excluding steroid dienone is 2. The number of fused-ring (bicyclic) bond motifs is 2. The summed E-state index contributed by atoms with van der Waals surface area (Å²) in [6.45, 7) is 3.36. The molecule has 5 rings (SSSR count). The molecule has 2 heterocycles. The van der Waals surface area contributed by atoms with Crippen LogP contribution in [0.4, 0.5) is 10.1 Å². The number of hydrogen-bond acceptors (Lipinski definition) is 4. The minimum Gasteiger partial charge on any atom is -0.397 e. The van der Waals surface area contributed by atoms with Crippen LogP contribution in [0.5, 0.6) is 0 Å². The van der Waals surface area contributed by atoms with Crippen molar-refractivity contribution in [3.63, 3.8) is 0 Å². The molecular weight excluding hydrogens is 496 g/mol. The van der Waals surface area contributed by atoms with Crippen molar-refractivity contribution in [3.8, 4) is 0 Å². The van der Waals surface area contributed by atoms with Gasteiger partial charge < -0.3 is 5.73 Å². The molecule has 0 unspecified atom stereocenters. The zero-order valence-electron chi connectivity index (χ0n) is 20.4. The van der Waals surface area contributed by atoms with Gasteiger partial charge in [-0.25, -0.2) is 4.39 Å². The quantitative estimate of drug-likeness (QED) is 0.277. The minimum absolute atomic E-state index is 0. The number of nitrogens with zero attached hydrogens (tertiary/aromatic N) is 2. The molecule has 1 aromatic heterocycles. The minimum atomic E-state index is -0.427. The van der Waals surface area contributed by atoms with Crippen LogP contribution >= 0.6 is 24.8 Å². The Kier molecular flexibility index (Phi) is 9.89. The number of nitrogen functional groups attached to an aromatic ring is 1. The molecule has 0 radical (unpaired) electrons. The van der Waals surface area contributed by atoms with Crippen molar-refractivity contribution in [2.45, 2.75) is 51.5 Å². The van der Waals surface area contributed by atoms with E-state index in [0.29, 0.717) is 29.6 Å². The lowest BCUT2D eigenvalue weighted by atomic mass is 9.86. The molecule has 0 saturated carbocycles. The van der Waals surface area contributed by atoms with Crippen LogP contribution in [0.15, 0.2) is 60.2 Å². The zero-order valence-corrected chi connectivity index (χ0v) is 22.1. The number of likely N-dealkylation sites (tertiary alicyclic amines) is 1. The van der Waals surface area contributed by atoms with Crippen molar-refractivity contribution in [2.24, 2.45) is 5.92 Å². The summed E-state index contributed by atoms with van der Waals surface area (Å²) in [5.74, 6) is 0.261. The highest BCUT2D eigenvalue weighted by Crippen LogP contribution is 2.34. The maximum absolute atomic E-state index is 14.4. The van der Waals surface area contributed by atoms with Crippen LogP contribution < -0.4 is 5.73 Å². The van der Waals surface area contributed by atoms with Crippen molar-refractivity contribution in [2.75, 3.05) is 18.8 Å². The molecular formula is C29H34Cl2FN3O. The van der Waals surface area contributed by atoms with E-state index < -0.39 is 5.82 Å². The number of carbonyl (C=O) groups is 1. The van der Waals surface area contributed by atoms with E-state index in [0.717, 1.165) is 44.0 Å². The average Bonchev–Trinajstić information content (AvgIpc) is 2.84. The van der Waals surface area contributed by atoms with Crippen molar-refractivity contribution in [1.29, 1.82) is 0 Å². The number of ketones is 1. The van der Waals surface area contributed by atoms with E-state index in [4.69, 9.17) is 5.73 Å². The first-order valence-electron chi connectivity index (χ1n) is 12.5. The molecule has 1 aliphatic carbocycles. The number of halogens is 3. The SMILES string of the molecule is Cl.Cl.Nc1c2c(nc3cccc(F)c13)CCC(=CCCCC1CCN(Cc3ccccc3)CC1)C2=O. The largest absolute Gasteiger partial charge is 0.397 e. The first-order chi connectivity index (χ1) is 16.6. The van der Waals surface area contributed by atoms with E-state index in [1.165, 1.54) is 30.9 Å². The number of aryl methyl sites for hydroxylation is 1. The third kappa shape index (κ3) is 6.08. The summed E-state index contributed by atoms with van der Waals surface area (Å²) in [4.78, 5) is 20.3. The van der Waals surface area contributed by atoms with Crippen molar-refractivity contribution in [1.82, 2.24) is 9.88 Å². The Hall–Kier alpha value is -2.47. The summed E-state index contributed by atoms with van der Waals surface area (Å²) in [5.41, 5.74) is 10.3. The van der Waals surface area contributed by atoms with Gasteiger partial charge in [-0.15, -0.1) is 24.8 Å². The average molecular weight is 531 g/mol. The molecule has 2 aromatic carbocycles. The monoisotopic (exact) mass is 529 g/mol. The van der Waals surface area contributed by atoms with Gasteiger partial charge >= 0.3 is 0 Å². The fourth-order valence-corrected chi connectivity index (χ4v) is 5.47. The Morgan fingerprint density at radius 3 is 2.53 bits per heavy atom. The van der Waals surface area contributed by atoms with Crippen LogP contribution in [0.3, 0.4) is 0 Å². The lowest BCUT2D eigenvalue weighted by Gasteiger charge is -2.32. The third-order valence-corrected chi connectivity index (χ3v) is 7.39. The second kappa shape index (κ2) is 12.7. The highest BCUT2D eigenvalue weighted by molar-refractivity contribution is 6.17. The molecule has 3 aromatic rings. The van der Waals surface area contributed by atoms with Crippen LogP contribution in [0.1, 0.15) is 60.1 Å². The molecule has 2 N–H and O–H groups in total. The standard InChI is InChI=1S/C29H32FN3O.2ClH/c30-23-11-6-12-24-26(23)28(31)27-25(32-24)14-13-22(29(27)34)10-5-4-7-20-15-17-33(18-16-20)19-21-8-2-1-3-9-21;;/h1-3,6,8-12,20H,4-5,7,13-19H2,(H2,31,32);2*1H. The Balaban J connectivity index is 0.00000180. The van der Waals surface area contributed by atoms with E-state index in [2.05, 4.69) is 46.3 Å². The molecule has 7 heteroatoms. The van der Waals surface area contributed by atoms with Crippen LogP contribution in [-0.4, -0.2) is 28.8 Å². The second-order valence-corrected chi connectivity index (χ2v) is 9.68. The molecule has 192 valence electrons. The van der Waals surface area contributed by atoms with Crippen molar-refractivity contribution < 1.29 is 9.18 Å². The lowest BCUT2D eigenvalue weighted by Crippen LogP contribution is -2.33. The molecule has 1 fully saturated rings. The number of aromatic nitrogens is 1. The van der Waals surface area contributed by atoms with Gasteiger partial charge in [0.25, 0.3) is 0 Å². The molecule has 2 aliphatic rings. The van der Waals surface area contributed by atoms with Gasteiger partial charge in [0.05, 0.1) is 27.8 Å². The highest BCUT2D eigenvalue weighted by atomic mass is 35.5. The smallest absolute Gasteiger partial charge is 0.192 e. The number of Topliss-reactive ketones (excluding diaryl/α,β-unsaturated/α-hetero) is 1. The number of nitrogens with two attached hydrogens (primary N) is 1. The Labute approximate surface area is 225 Å². The number of carbonyl (C=O) groups excluding carboxylic acids is 1. The highest BCUT2D eigenvalue weighted by Gasteiger charge is 2.27. The second-order valence-electron chi connectivity index (χ2n) is 9.68. The molecule has 36 heavy (non-hydrogen) atoms. The lowest BCUT2D eigenvalue weighted by molar-refractivity contribution is 0.102. The van der Waals surface area contributed by atoms with Gasteiger partial charge in [0.2, 0.25) is 0 Å². The van der Waals surface area contributed by atoms with E-state index in [9.17, 15) is 9.18 Å². The molecule has 1 aliphatic heterocycles. The molecule has 0 atom stereocenters. The van der Waals surface area contributed by atoms with Crippen LogP contribution in [-0.2, 0) is 13.0 Å². The molecule has 0 amide bonds. The first-order valence-corrected chi connectivity index (χ1v) is 12.5. The molecule has 0 bridgehead atoms. The number of unbranched alkanes of at least 4 members (excludes halogenated alkanes) is 1. The first kappa shape index (κ1) is 28.1. The predicted molar refractivity (Wildman–Crippen MR) is 150 cm³/mol. The maximum Gasteiger partial charge on any atom is 0.192 e. The van der Waals surface area contributed by atoms with Gasteiger partial charge in [-0.05, 0) is 80.8 Å². The fraction of sp³-hybridized carbons (Fsp3) is 0.379. The van der Waals surface area contributed by atoms with E-state index >= 15 is 0 Å². The summed E-state index contributed by atoms with van der Waals surface area (Å²) in [5, 5.41) is 0.259. The van der Waals surface area contributed by atoms with Gasteiger partial charge in [-0.1, -0.05) is 48.9 Å². The normalized spacial score (nSPS) is 17.5.